The normalized spacial score (nSPS) is 14.7. The van der Waals surface area contributed by atoms with E-state index in [1.807, 2.05) is 0 Å². The summed E-state index contributed by atoms with van der Waals surface area (Å²) in [7, 11) is -9.81. The van der Waals surface area contributed by atoms with Gasteiger partial charge in [-0.2, -0.15) is 0 Å². The number of ether oxygens (including phenoxy) is 3. The van der Waals surface area contributed by atoms with Crippen LogP contribution in [0.3, 0.4) is 0 Å². The molecule has 0 aliphatic heterocycles. The molecule has 0 heterocycles. The summed E-state index contributed by atoms with van der Waals surface area (Å²) in [6.45, 7) is 2.43. The van der Waals surface area contributed by atoms with Gasteiger partial charge in [-0.05, 0) is 154 Å². The van der Waals surface area contributed by atoms with Gasteiger partial charge in [0.25, 0.3) is 0 Å². The summed E-state index contributed by atoms with van der Waals surface area (Å²) in [4.78, 5) is 58.9. The van der Waals surface area contributed by atoms with E-state index in [-0.39, 0.29) is 19.3 Å². The van der Waals surface area contributed by atoms with Gasteiger partial charge in [-0.3, -0.25) is 32.5 Å². The van der Waals surface area contributed by atoms with Crippen LogP contribution in [0.25, 0.3) is 0 Å². The first-order valence-corrected chi connectivity index (χ1v) is 46.4. The number of hydrogen-bond acceptors (Lipinski definition) is 14. The molecule has 0 rings (SSSR count). The molecule has 5 atom stereocenters. The van der Waals surface area contributed by atoms with E-state index in [4.69, 9.17) is 32.3 Å². The third-order valence-corrected chi connectivity index (χ3v) is 19.8. The fourth-order valence-electron chi connectivity index (χ4n) is 11.4. The van der Waals surface area contributed by atoms with Crippen LogP contribution in [0.4, 0.5) is 0 Å². The van der Waals surface area contributed by atoms with Gasteiger partial charge < -0.3 is 34.2 Å². The third kappa shape index (κ3) is 85.6. The monoisotopic (exact) mass is 1590 g/mol. The molecular formula is C93H156O16P2. The number of aliphatic hydroxyl groups is 2. The number of allylic oxidation sites excluding steroid dienone is 28. The standard InChI is InChI=1S/C93H156O16P2/c1-4-7-10-13-16-19-22-25-28-31-34-36-38-40-42-43-45-47-48-50-53-55-58-61-64-67-70-73-76-79-91(96)103-82-88(94)83-105-110(99,100)106-84-89(95)85-107-111(101,102)108-87-90(109-93(98)81-78-75-72-69-66-63-60-57-52-33-30-27-24-21-18-15-12-9-6-3)86-104-92(97)80-77-74-71-68-65-62-59-56-54-51-49-46-44-41-39-37-35-32-29-26-23-20-17-14-11-8-5-2/h7-8,10-11,16-21,25-30,34-37,40-42,44-45,47,52,57,88-90,94-95H,4-6,9,12-15,22-24,31-33,38-39,43,46,48-51,53-56,58-87H2,1-3H3,(H,99,100)(H,101,102)/b10-7-,11-8-,19-16-,20-17-,21-18-,28-25-,29-26-,30-27-,36-34-,37-35-,42-40-,44-41-,47-45-,57-52-. The molecule has 0 aromatic rings. The molecule has 0 spiro atoms. The van der Waals surface area contributed by atoms with E-state index in [2.05, 4.69) is 191 Å². The first-order valence-electron chi connectivity index (χ1n) is 43.4. The number of aliphatic hydroxyl groups excluding tert-OH is 2. The van der Waals surface area contributed by atoms with E-state index < -0.39 is 91.5 Å². The van der Waals surface area contributed by atoms with Gasteiger partial charge in [-0.25, -0.2) is 9.13 Å². The quantitative estimate of drug-likeness (QED) is 0.0146. The molecular weight excluding hydrogens is 1430 g/mol. The summed E-state index contributed by atoms with van der Waals surface area (Å²) in [5, 5.41) is 20.7. The summed E-state index contributed by atoms with van der Waals surface area (Å²) in [6.07, 6.45) is 108. The largest absolute Gasteiger partial charge is 0.472 e. The minimum absolute atomic E-state index is 0.0852. The van der Waals surface area contributed by atoms with Crippen molar-refractivity contribution in [2.45, 2.75) is 360 Å². The molecule has 18 heteroatoms. The number of esters is 3. The zero-order chi connectivity index (χ0) is 80.8. The molecule has 0 aliphatic rings. The lowest BCUT2D eigenvalue weighted by atomic mass is 10.0. The fourth-order valence-corrected chi connectivity index (χ4v) is 13.0. The van der Waals surface area contributed by atoms with Crippen molar-refractivity contribution < 1.29 is 75.8 Å². The van der Waals surface area contributed by atoms with Gasteiger partial charge in [0.05, 0.1) is 26.4 Å². The van der Waals surface area contributed by atoms with Crippen molar-refractivity contribution in [2.24, 2.45) is 0 Å². The van der Waals surface area contributed by atoms with E-state index in [1.165, 1.54) is 89.9 Å². The molecule has 16 nitrogen and oxygen atoms in total. The number of hydrogen-bond donors (Lipinski definition) is 4. The number of phosphoric ester groups is 2. The Morgan fingerprint density at radius 3 is 0.757 bits per heavy atom. The molecule has 0 saturated heterocycles. The van der Waals surface area contributed by atoms with E-state index in [0.717, 1.165) is 193 Å². The van der Waals surface area contributed by atoms with Crippen LogP contribution in [-0.4, -0.2) is 95.9 Å². The van der Waals surface area contributed by atoms with Gasteiger partial charge in [-0.15, -0.1) is 0 Å². The minimum Gasteiger partial charge on any atom is -0.463 e. The highest BCUT2D eigenvalue weighted by Gasteiger charge is 2.29. The number of carbonyl (C=O) groups is 3. The van der Waals surface area contributed by atoms with Crippen LogP contribution in [0.2, 0.25) is 0 Å². The van der Waals surface area contributed by atoms with Crippen LogP contribution in [-0.2, 0) is 55.8 Å². The summed E-state index contributed by atoms with van der Waals surface area (Å²) in [5.41, 5.74) is 0. The Bertz CT molecular complexity index is 2700. The average molecular weight is 1590 g/mol. The molecule has 4 N–H and O–H groups in total. The van der Waals surface area contributed by atoms with E-state index in [0.29, 0.717) is 19.3 Å². The molecule has 0 radical (unpaired) electrons. The van der Waals surface area contributed by atoms with E-state index >= 15 is 0 Å². The Hall–Kier alpha value is -5.09. The Labute approximate surface area is 675 Å². The molecule has 0 bridgehead atoms. The zero-order valence-electron chi connectivity index (χ0n) is 69.6. The smallest absolute Gasteiger partial charge is 0.463 e. The van der Waals surface area contributed by atoms with Crippen LogP contribution in [0.1, 0.15) is 342 Å². The molecule has 0 fully saturated rings. The highest BCUT2D eigenvalue weighted by Crippen LogP contribution is 2.45. The summed E-state index contributed by atoms with van der Waals surface area (Å²) >= 11 is 0. The minimum atomic E-state index is -4.95. The maximum absolute atomic E-state index is 13.0. The van der Waals surface area contributed by atoms with Crippen molar-refractivity contribution >= 4 is 33.6 Å². The van der Waals surface area contributed by atoms with Gasteiger partial charge >= 0.3 is 33.6 Å². The lowest BCUT2D eigenvalue weighted by Crippen LogP contribution is -2.30. The van der Waals surface area contributed by atoms with Crippen molar-refractivity contribution in [1.29, 1.82) is 0 Å². The van der Waals surface area contributed by atoms with E-state index in [9.17, 15) is 43.5 Å². The summed E-state index contributed by atoms with van der Waals surface area (Å²) in [6, 6.07) is 0. The van der Waals surface area contributed by atoms with Crippen LogP contribution in [0.15, 0.2) is 170 Å². The van der Waals surface area contributed by atoms with Crippen LogP contribution in [0, 0.1) is 0 Å². The van der Waals surface area contributed by atoms with Gasteiger partial charge in [0.1, 0.15) is 25.4 Å². The molecule has 111 heavy (non-hydrogen) atoms. The maximum atomic E-state index is 13.0. The Morgan fingerprint density at radius 2 is 0.477 bits per heavy atom. The molecule has 634 valence electrons. The van der Waals surface area contributed by atoms with Gasteiger partial charge in [0.15, 0.2) is 6.10 Å². The second-order valence-corrected chi connectivity index (χ2v) is 31.5. The lowest BCUT2D eigenvalue weighted by Gasteiger charge is -2.21. The molecule has 0 saturated carbocycles. The summed E-state index contributed by atoms with van der Waals surface area (Å²) < 4.78 is 61.4. The number of phosphoric acid groups is 2. The second-order valence-electron chi connectivity index (χ2n) is 28.6. The van der Waals surface area contributed by atoms with Gasteiger partial charge in [0.2, 0.25) is 0 Å². The highest BCUT2D eigenvalue weighted by molar-refractivity contribution is 7.47. The lowest BCUT2D eigenvalue weighted by molar-refractivity contribution is -0.161. The number of unbranched alkanes of at least 4 members (excludes halogenated alkanes) is 30. The van der Waals surface area contributed by atoms with E-state index in [1.54, 1.807) is 0 Å². The third-order valence-electron chi connectivity index (χ3n) is 17.9. The first-order chi connectivity index (χ1) is 54.2. The number of rotatable bonds is 81. The van der Waals surface area contributed by atoms with Crippen LogP contribution in [0.5, 0.6) is 0 Å². The van der Waals surface area contributed by atoms with Crippen LogP contribution >= 0.6 is 15.6 Å². The Kier molecular flexibility index (Phi) is 80.4. The highest BCUT2D eigenvalue weighted by atomic mass is 31.2. The molecule has 0 aliphatic carbocycles. The molecule has 0 aromatic heterocycles. The van der Waals surface area contributed by atoms with Crippen molar-refractivity contribution in [3.63, 3.8) is 0 Å². The fraction of sp³-hybridized carbons (Fsp3) is 0.667. The van der Waals surface area contributed by atoms with Crippen molar-refractivity contribution in [2.75, 3.05) is 39.6 Å². The van der Waals surface area contributed by atoms with Crippen molar-refractivity contribution in [3.05, 3.63) is 170 Å². The average Bonchev–Trinajstić information content (AvgIpc) is 0.900. The SMILES string of the molecule is CC/C=C\C/C=C\C/C=C\C/C=C\C/C=C\C/C=C\CCCCCCCCCCCCC(=O)OCC(O)COP(=O)(O)OCC(O)COP(=O)(O)OCC(COC(=O)CCCCCCCCCCCCC/C=C\C/C=C\C/C=C\C/C=C\C/C=C\CC)OC(=O)CCCCCCCC/C=C\C/C=C\C/C=C\CCCCC. The predicted octanol–water partition coefficient (Wildman–Crippen LogP) is 26.3. The first kappa shape index (κ1) is 106. The number of carbonyl (C=O) groups excluding carboxylic acids is 3. The summed E-state index contributed by atoms with van der Waals surface area (Å²) in [5.74, 6) is -1.60. The maximum Gasteiger partial charge on any atom is 0.472 e. The van der Waals surface area contributed by atoms with Crippen molar-refractivity contribution in [1.82, 2.24) is 0 Å². The topological polar surface area (TPSA) is 231 Å². The predicted molar refractivity (Wildman–Crippen MR) is 463 cm³/mol. The second kappa shape index (κ2) is 84.3. The Balaban J connectivity index is 4.62. The molecule has 0 aromatic carbocycles. The molecule has 0 amide bonds. The van der Waals surface area contributed by atoms with Gasteiger partial charge in [0, 0.05) is 19.3 Å². The van der Waals surface area contributed by atoms with Crippen molar-refractivity contribution in [3.8, 4) is 0 Å². The van der Waals surface area contributed by atoms with Crippen LogP contribution < -0.4 is 0 Å². The van der Waals surface area contributed by atoms with Gasteiger partial charge in [-0.1, -0.05) is 339 Å². The molecule has 5 unspecified atom stereocenters. The Morgan fingerprint density at radius 1 is 0.261 bits per heavy atom. The zero-order valence-corrected chi connectivity index (χ0v) is 71.4.